The lowest BCUT2D eigenvalue weighted by Crippen LogP contribution is -2.17. The molecule has 0 unspecified atom stereocenters. The highest BCUT2D eigenvalue weighted by atomic mass is 19.3. The largest absolute Gasteiger partial charge is 0.465 e. The van der Waals surface area contributed by atoms with Gasteiger partial charge in [-0.3, -0.25) is 4.98 Å². The van der Waals surface area contributed by atoms with Gasteiger partial charge in [0.2, 0.25) is 0 Å². The number of allylic oxidation sites excluding steroid dienone is 2. The summed E-state index contributed by atoms with van der Waals surface area (Å²) in [6.07, 6.45) is 2.88. The number of aromatic nitrogens is 1. The van der Waals surface area contributed by atoms with Crippen LogP contribution in [0.15, 0.2) is 29.6 Å². The summed E-state index contributed by atoms with van der Waals surface area (Å²) in [6.45, 7) is 5.64. The van der Waals surface area contributed by atoms with Crippen molar-refractivity contribution in [3.8, 4) is 0 Å². The van der Waals surface area contributed by atoms with Crippen LogP contribution in [0.1, 0.15) is 50.2 Å². The van der Waals surface area contributed by atoms with Crippen molar-refractivity contribution in [3.63, 3.8) is 0 Å². The number of halogens is 3. The van der Waals surface area contributed by atoms with E-state index < -0.39 is 17.7 Å². The van der Waals surface area contributed by atoms with Gasteiger partial charge in [0.05, 0.1) is 18.4 Å². The van der Waals surface area contributed by atoms with Gasteiger partial charge in [-0.2, -0.15) is 0 Å². The number of carbonyl (C=O) groups excluding carboxylic acids is 1. The highest BCUT2D eigenvalue weighted by molar-refractivity contribution is 5.89. The van der Waals surface area contributed by atoms with Gasteiger partial charge >= 0.3 is 5.97 Å². The van der Waals surface area contributed by atoms with E-state index in [2.05, 4.69) is 15.0 Å². The number of ether oxygens (including phenoxy) is 1. The maximum Gasteiger partial charge on any atom is 0.339 e. The average molecular weight is 342 g/mol. The number of nitrogens with one attached hydrogen (secondary N) is 1. The number of rotatable bonds is 6. The Morgan fingerprint density at radius 3 is 2.50 bits per heavy atom. The predicted molar refractivity (Wildman–Crippen MR) is 85.9 cm³/mol. The fourth-order valence-corrected chi connectivity index (χ4v) is 1.73. The second-order valence-electron chi connectivity index (χ2n) is 5.41. The molecule has 0 aliphatic carbocycles. The number of hydrogen-bond donors (Lipinski definition) is 1. The predicted octanol–water partition coefficient (Wildman–Crippen LogP) is 4.30. The van der Waals surface area contributed by atoms with Crippen LogP contribution >= 0.6 is 0 Å². The third-order valence-electron chi connectivity index (χ3n) is 3.58. The summed E-state index contributed by atoms with van der Waals surface area (Å²) in [6, 6.07) is 1.00. The zero-order chi connectivity index (χ0) is 18.5. The summed E-state index contributed by atoms with van der Waals surface area (Å²) in [5.74, 6) is -4.44. The van der Waals surface area contributed by atoms with Gasteiger partial charge in [-0.1, -0.05) is 6.92 Å². The molecule has 0 saturated carbocycles. The van der Waals surface area contributed by atoms with Gasteiger partial charge in [0, 0.05) is 24.9 Å². The van der Waals surface area contributed by atoms with Crippen LogP contribution in [0.2, 0.25) is 0 Å². The Morgan fingerprint density at radius 1 is 1.42 bits per heavy atom. The SMILES string of the molecule is CCC(C)=C(N/C=C(\C)C(C)(F)F)c1ncc(C(=O)OC)cc1F. The van der Waals surface area contributed by atoms with E-state index in [4.69, 9.17) is 0 Å². The molecule has 4 nitrogen and oxygen atoms in total. The zero-order valence-corrected chi connectivity index (χ0v) is 14.3. The maximum atomic E-state index is 14.3. The lowest BCUT2D eigenvalue weighted by Gasteiger charge is -2.15. The van der Waals surface area contributed by atoms with E-state index >= 15 is 0 Å². The van der Waals surface area contributed by atoms with Crippen molar-refractivity contribution in [2.75, 3.05) is 7.11 Å². The third-order valence-corrected chi connectivity index (χ3v) is 3.58. The summed E-state index contributed by atoms with van der Waals surface area (Å²) in [7, 11) is 1.18. The van der Waals surface area contributed by atoms with Crippen LogP contribution < -0.4 is 5.32 Å². The van der Waals surface area contributed by atoms with Crippen LogP contribution in [-0.2, 0) is 4.74 Å². The van der Waals surface area contributed by atoms with Crippen molar-refractivity contribution < 1.29 is 22.7 Å². The fourth-order valence-electron chi connectivity index (χ4n) is 1.73. The first kappa shape index (κ1) is 19.7. The Morgan fingerprint density at radius 2 is 2.04 bits per heavy atom. The van der Waals surface area contributed by atoms with E-state index in [0.29, 0.717) is 6.42 Å². The number of pyridine rings is 1. The van der Waals surface area contributed by atoms with Gasteiger partial charge in [-0.15, -0.1) is 0 Å². The van der Waals surface area contributed by atoms with E-state index in [1.54, 1.807) is 6.92 Å². The first-order valence-electron chi connectivity index (χ1n) is 7.37. The minimum absolute atomic E-state index is 0.0286. The minimum atomic E-state index is -2.99. The smallest absolute Gasteiger partial charge is 0.339 e. The summed E-state index contributed by atoms with van der Waals surface area (Å²) in [4.78, 5) is 15.4. The number of hydrogen-bond acceptors (Lipinski definition) is 4. The number of methoxy groups -OCH3 is 1. The molecule has 0 bridgehead atoms. The van der Waals surface area contributed by atoms with E-state index in [9.17, 15) is 18.0 Å². The summed E-state index contributed by atoms with van der Waals surface area (Å²) in [5.41, 5.74) is 0.741. The fraction of sp³-hybridized carbons (Fsp3) is 0.412. The van der Waals surface area contributed by atoms with Crippen molar-refractivity contribution in [3.05, 3.63) is 46.7 Å². The second-order valence-corrected chi connectivity index (χ2v) is 5.41. The van der Waals surface area contributed by atoms with Crippen molar-refractivity contribution >= 4 is 11.7 Å². The maximum absolute atomic E-state index is 14.3. The Labute approximate surface area is 139 Å². The van der Waals surface area contributed by atoms with Crippen LogP contribution in [0, 0.1) is 5.82 Å². The van der Waals surface area contributed by atoms with Gasteiger partial charge in [-0.25, -0.2) is 18.0 Å². The molecule has 7 heteroatoms. The molecular formula is C17H21F3N2O2. The van der Waals surface area contributed by atoms with E-state index in [-0.39, 0.29) is 22.5 Å². The van der Waals surface area contributed by atoms with Gasteiger partial charge < -0.3 is 10.1 Å². The quantitative estimate of drug-likeness (QED) is 0.783. The number of esters is 1. The molecule has 1 rings (SSSR count). The van der Waals surface area contributed by atoms with Crippen LogP contribution in [0.4, 0.5) is 13.2 Å². The van der Waals surface area contributed by atoms with Crippen LogP contribution in [0.3, 0.4) is 0 Å². The molecule has 0 amide bonds. The van der Waals surface area contributed by atoms with E-state index in [0.717, 1.165) is 24.8 Å². The van der Waals surface area contributed by atoms with Gasteiger partial charge in [0.1, 0.15) is 5.69 Å². The minimum Gasteiger partial charge on any atom is -0.465 e. The third kappa shape index (κ3) is 4.84. The molecule has 0 aliphatic heterocycles. The highest BCUT2D eigenvalue weighted by Gasteiger charge is 2.24. The Balaban J connectivity index is 3.27. The molecular weight excluding hydrogens is 321 g/mol. The lowest BCUT2D eigenvalue weighted by atomic mass is 10.1. The first-order valence-corrected chi connectivity index (χ1v) is 7.37. The molecule has 0 aromatic carbocycles. The first-order chi connectivity index (χ1) is 11.1. The van der Waals surface area contributed by atoms with Crippen LogP contribution in [-0.4, -0.2) is 24.0 Å². The molecule has 0 aliphatic rings. The number of carbonyl (C=O) groups is 1. The van der Waals surface area contributed by atoms with Gasteiger partial charge in [0.25, 0.3) is 5.92 Å². The molecule has 1 N–H and O–H groups in total. The normalized spacial score (nSPS) is 13.4. The number of nitrogens with zero attached hydrogens (tertiary/aromatic N) is 1. The molecule has 1 aromatic rings. The molecule has 0 atom stereocenters. The van der Waals surface area contributed by atoms with Gasteiger partial charge in [-0.05, 0) is 31.9 Å². The Kier molecular flexibility index (Phi) is 6.57. The summed E-state index contributed by atoms with van der Waals surface area (Å²) >= 11 is 0. The monoisotopic (exact) mass is 342 g/mol. The van der Waals surface area contributed by atoms with E-state index in [1.165, 1.54) is 20.2 Å². The summed E-state index contributed by atoms with van der Waals surface area (Å²) in [5, 5.41) is 2.72. The average Bonchev–Trinajstić information content (AvgIpc) is 2.53. The molecule has 0 spiro atoms. The van der Waals surface area contributed by atoms with Crippen molar-refractivity contribution in [2.24, 2.45) is 0 Å². The molecule has 1 heterocycles. The highest BCUT2D eigenvalue weighted by Crippen LogP contribution is 2.24. The van der Waals surface area contributed by atoms with Gasteiger partial charge in [0.15, 0.2) is 5.82 Å². The van der Waals surface area contributed by atoms with E-state index in [1.807, 2.05) is 6.92 Å². The molecule has 132 valence electrons. The van der Waals surface area contributed by atoms with Crippen LogP contribution in [0.5, 0.6) is 0 Å². The van der Waals surface area contributed by atoms with Crippen molar-refractivity contribution in [1.29, 1.82) is 0 Å². The van der Waals surface area contributed by atoms with Crippen molar-refractivity contribution in [2.45, 2.75) is 40.0 Å². The Bertz CT molecular complexity index is 677. The topological polar surface area (TPSA) is 51.2 Å². The second kappa shape index (κ2) is 7.99. The zero-order valence-electron chi connectivity index (χ0n) is 14.3. The number of alkyl halides is 2. The molecule has 0 radical (unpaired) electrons. The lowest BCUT2D eigenvalue weighted by molar-refractivity contribution is 0.0597. The summed E-state index contributed by atoms with van der Waals surface area (Å²) < 4.78 is 45.3. The molecule has 24 heavy (non-hydrogen) atoms. The Hall–Kier alpha value is -2.31. The molecule has 0 fully saturated rings. The molecule has 1 aromatic heterocycles. The standard InChI is InChI=1S/C17H21F3N2O2/c1-6-10(2)14(21-8-11(3)17(4,19)20)15-13(18)7-12(9-22-15)16(23)24-5/h7-9,21H,6H2,1-5H3/b11-8+,14-10?. The molecule has 0 saturated heterocycles. The van der Waals surface area contributed by atoms with Crippen LogP contribution in [0.25, 0.3) is 5.70 Å². The van der Waals surface area contributed by atoms with Crippen molar-refractivity contribution in [1.82, 2.24) is 10.3 Å².